The zero-order valence-corrected chi connectivity index (χ0v) is 19.7. The van der Waals surface area contributed by atoms with Crippen LogP contribution in [0.1, 0.15) is 15.9 Å². The molecule has 174 valence electrons. The molecular weight excluding hydrogens is 465 g/mol. The molecule has 1 amide bonds. The number of carbonyl (C=O) groups excluding carboxylic acids is 1. The number of nitrogens with zero attached hydrogens (tertiary/aromatic N) is 3. The predicted octanol–water partition coefficient (Wildman–Crippen LogP) is 5.16. The first-order valence-corrected chi connectivity index (χ1v) is 11.1. The minimum atomic E-state index is -0.383. The van der Waals surface area contributed by atoms with Crippen LogP contribution in [-0.4, -0.2) is 33.1 Å². The Morgan fingerprint density at radius 2 is 1.63 bits per heavy atom. The molecule has 1 heterocycles. The molecule has 1 aromatic heterocycles. The maximum absolute atomic E-state index is 13.2. The molecule has 0 saturated carbocycles. The lowest BCUT2D eigenvalue weighted by Crippen LogP contribution is -2.34. The van der Waals surface area contributed by atoms with E-state index >= 15 is 0 Å². The van der Waals surface area contributed by atoms with E-state index in [4.69, 9.17) is 17.0 Å². The van der Waals surface area contributed by atoms with E-state index in [2.05, 4.69) is 20.8 Å². The molecule has 0 spiro atoms. The van der Waals surface area contributed by atoms with Crippen LogP contribution in [0.3, 0.4) is 0 Å². The second kappa shape index (κ2) is 9.11. The summed E-state index contributed by atoms with van der Waals surface area (Å²) in [6.45, 7) is 1.90. The quantitative estimate of drug-likeness (QED) is 0.343. The standard InChI is InChI=1S/C26H20FN5O2S/c1-15-11-22-23(31-32(30-22)19-9-7-18(27)8-10-19)14-21(15)28-26(35)29-25(33)20-12-16-5-3-4-6-17(16)13-24(20)34-2/h3-14H,1-2H3,(H2,28,29,33,35). The van der Waals surface area contributed by atoms with E-state index in [1.54, 1.807) is 24.3 Å². The normalized spacial score (nSPS) is 10.9. The minimum absolute atomic E-state index is 0.138. The van der Waals surface area contributed by atoms with Crippen molar-refractivity contribution in [1.29, 1.82) is 0 Å². The number of thiocarbonyl (C=S) groups is 1. The van der Waals surface area contributed by atoms with Crippen LogP contribution in [0, 0.1) is 12.7 Å². The molecule has 4 aromatic carbocycles. The van der Waals surface area contributed by atoms with Gasteiger partial charge in [-0.25, -0.2) is 4.39 Å². The van der Waals surface area contributed by atoms with Crippen LogP contribution in [-0.2, 0) is 0 Å². The SMILES string of the molecule is COc1cc2ccccc2cc1C(=O)NC(=S)Nc1cc2nn(-c3ccc(F)cc3)nc2cc1C. The second-order valence-electron chi connectivity index (χ2n) is 7.93. The van der Waals surface area contributed by atoms with E-state index < -0.39 is 0 Å². The molecule has 0 unspecified atom stereocenters. The largest absolute Gasteiger partial charge is 0.496 e. The number of rotatable bonds is 4. The lowest BCUT2D eigenvalue weighted by molar-refractivity contribution is 0.0975. The highest BCUT2D eigenvalue weighted by Crippen LogP contribution is 2.26. The van der Waals surface area contributed by atoms with E-state index in [1.165, 1.54) is 24.0 Å². The average molecular weight is 486 g/mol. The van der Waals surface area contributed by atoms with E-state index in [9.17, 15) is 9.18 Å². The first-order valence-electron chi connectivity index (χ1n) is 10.7. The number of fused-ring (bicyclic) bond motifs is 2. The Morgan fingerprint density at radius 3 is 2.31 bits per heavy atom. The third kappa shape index (κ3) is 4.53. The van der Waals surface area contributed by atoms with Gasteiger partial charge in [0.25, 0.3) is 5.91 Å². The van der Waals surface area contributed by atoms with Gasteiger partial charge in [-0.05, 0) is 84.0 Å². The Balaban J connectivity index is 1.36. The van der Waals surface area contributed by atoms with Gasteiger partial charge in [-0.3, -0.25) is 10.1 Å². The summed E-state index contributed by atoms with van der Waals surface area (Å²) in [5.41, 5.74) is 3.86. The number of anilines is 1. The van der Waals surface area contributed by atoms with Crippen molar-refractivity contribution in [2.45, 2.75) is 6.92 Å². The molecule has 0 saturated heterocycles. The van der Waals surface area contributed by atoms with Gasteiger partial charge < -0.3 is 10.1 Å². The maximum Gasteiger partial charge on any atom is 0.261 e. The number of aryl methyl sites for hydroxylation is 1. The van der Waals surface area contributed by atoms with Crippen molar-refractivity contribution >= 4 is 50.7 Å². The van der Waals surface area contributed by atoms with Crippen LogP contribution < -0.4 is 15.4 Å². The molecule has 35 heavy (non-hydrogen) atoms. The highest BCUT2D eigenvalue weighted by atomic mass is 32.1. The number of amides is 1. The van der Waals surface area contributed by atoms with Crippen LogP contribution in [0.2, 0.25) is 0 Å². The first kappa shape index (κ1) is 22.4. The molecule has 7 nitrogen and oxygen atoms in total. The third-order valence-electron chi connectivity index (χ3n) is 5.57. The molecule has 5 aromatic rings. The number of aromatic nitrogens is 3. The third-order valence-corrected chi connectivity index (χ3v) is 5.78. The van der Waals surface area contributed by atoms with Gasteiger partial charge >= 0.3 is 0 Å². The fraction of sp³-hybridized carbons (Fsp3) is 0.0769. The van der Waals surface area contributed by atoms with Gasteiger partial charge in [-0.2, -0.15) is 4.80 Å². The van der Waals surface area contributed by atoms with Gasteiger partial charge in [0.15, 0.2) is 5.11 Å². The summed E-state index contributed by atoms with van der Waals surface area (Å²) in [6.07, 6.45) is 0. The Labute approximate surface area is 205 Å². The van der Waals surface area contributed by atoms with Crippen LogP contribution in [0.4, 0.5) is 10.1 Å². The van der Waals surface area contributed by atoms with Gasteiger partial charge in [0.1, 0.15) is 22.6 Å². The minimum Gasteiger partial charge on any atom is -0.496 e. The predicted molar refractivity (Wildman–Crippen MR) is 138 cm³/mol. The second-order valence-corrected chi connectivity index (χ2v) is 8.34. The number of benzene rings is 4. The maximum atomic E-state index is 13.2. The molecule has 0 aliphatic heterocycles. The van der Waals surface area contributed by atoms with E-state index in [1.807, 2.05) is 43.3 Å². The Bertz CT molecular complexity index is 1600. The lowest BCUT2D eigenvalue weighted by atomic mass is 10.1. The highest BCUT2D eigenvalue weighted by Gasteiger charge is 2.16. The van der Waals surface area contributed by atoms with Crippen molar-refractivity contribution in [3.63, 3.8) is 0 Å². The first-order chi connectivity index (χ1) is 16.9. The van der Waals surface area contributed by atoms with Crippen LogP contribution in [0.15, 0.2) is 72.8 Å². The van der Waals surface area contributed by atoms with Gasteiger partial charge in [0.05, 0.1) is 18.4 Å². The summed E-state index contributed by atoms with van der Waals surface area (Å²) in [4.78, 5) is 14.4. The molecule has 9 heteroatoms. The van der Waals surface area contributed by atoms with Crippen molar-refractivity contribution in [2.24, 2.45) is 0 Å². The van der Waals surface area contributed by atoms with Gasteiger partial charge in [0.2, 0.25) is 0 Å². The zero-order valence-electron chi connectivity index (χ0n) is 18.9. The smallest absolute Gasteiger partial charge is 0.261 e. The zero-order chi connectivity index (χ0) is 24.5. The number of nitrogens with one attached hydrogen (secondary N) is 2. The summed E-state index contributed by atoms with van der Waals surface area (Å²) in [5.74, 6) is -0.255. The number of halogens is 1. The van der Waals surface area contributed by atoms with Crippen molar-refractivity contribution < 1.29 is 13.9 Å². The van der Waals surface area contributed by atoms with Crippen LogP contribution >= 0.6 is 12.2 Å². The van der Waals surface area contributed by atoms with Crippen molar-refractivity contribution in [3.05, 3.63) is 89.7 Å². The molecule has 2 N–H and O–H groups in total. The molecule has 0 radical (unpaired) electrons. The van der Waals surface area contributed by atoms with E-state index in [0.29, 0.717) is 33.7 Å². The molecular formula is C26H20FN5O2S. The number of ether oxygens (including phenoxy) is 1. The van der Waals surface area contributed by atoms with Crippen LogP contribution in [0.25, 0.3) is 27.5 Å². The van der Waals surface area contributed by atoms with Crippen molar-refractivity contribution in [2.75, 3.05) is 12.4 Å². The average Bonchev–Trinajstić information content (AvgIpc) is 3.26. The Kier molecular flexibility index (Phi) is 5.84. The summed E-state index contributed by atoms with van der Waals surface area (Å²) in [5, 5.41) is 16.8. The van der Waals surface area contributed by atoms with Gasteiger partial charge in [0, 0.05) is 5.69 Å². The summed E-state index contributed by atoms with van der Waals surface area (Å²) >= 11 is 5.40. The number of methoxy groups -OCH3 is 1. The highest BCUT2D eigenvalue weighted by molar-refractivity contribution is 7.80. The Hall–Kier alpha value is -4.37. The fourth-order valence-electron chi connectivity index (χ4n) is 3.78. The molecule has 0 aliphatic rings. The molecule has 5 rings (SSSR count). The van der Waals surface area contributed by atoms with Gasteiger partial charge in [-0.15, -0.1) is 10.2 Å². The van der Waals surface area contributed by atoms with E-state index in [0.717, 1.165) is 16.3 Å². The molecule has 0 bridgehead atoms. The lowest BCUT2D eigenvalue weighted by Gasteiger charge is -2.14. The summed E-state index contributed by atoms with van der Waals surface area (Å²) in [6, 6.07) is 20.9. The molecule has 0 aliphatic carbocycles. The number of hydrogen-bond acceptors (Lipinski definition) is 5. The monoisotopic (exact) mass is 485 g/mol. The van der Waals surface area contributed by atoms with Gasteiger partial charge in [-0.1, -0.05) is 24.3 Å². The van der Waals surface area contributed by atoms with E-state index in [-0.39, 0.29) is 16.8 Å². The van der Waals surface area contributed by atoms with Crippen LogP contribution in [0.5, 0.6) is 5.75 Å². The van der Waals surface area contributed by atoms with Crippen molar-refractivity contribution in [3.8, 4) is 11.4 Å². The molecule has 0 atom stereocenters. The summed E-state index contributed by atoms with van der Waals surface area (Å²) in [7, 11) is 1.52. The topological polar surface area (TPSA) is 81.1 Å². The summed E-state index contributed by atoms with van der Waals surface area (Å²) < 4.78 is 18.7. The number of hydrogen-bond donors (Lipinski definition) is 2. The fourth-order valence-corrected chi connectivity index (χ4v) is 3.98. The number of carbonyl (C=O) groups is 1. The molecule has 0 fully saturated rings. The van der Waals surface area contributed by atoms with Crippen molar-refractivity contribution in [1.82, 2.24) is 20.3 Å². The Morgan fingerprint density at radius 1 is 0.971 bits per heavy atom.